The van der Waals surface area contributed by atoms with E-state index in [1.54, 1.807) is 6.92 Å². The largest absolute Gasteiger partial charge is 0.261 e. The quantitative estimate of drug-likeness (QED) is 0.791. The van der Waals surface area contributed by atoms with Gasteiger partial charge in [-0.05, 0) is 26.7 Å². The Labute approximate surface area is 82.9 Å². The zero-order valence-corrected chi connectivity index (χ0v) is 9.29. The normalized spacial score (nSPS) is 23.2. The predicted molar refractivity (Wildman–Crippen MR) is 49.8 cm³/mol. The van der Waals surface area contributed by atoms with Gasteiger partial charge in [0, 0.05) is 6.92 Å². The molecule has 0 spiro atoms. The fourth-order valence-electron chi connectivity index (χ4n) is 0.923. The average Bonchev–Trinajstić information content (AvgIpc) is 2.66. The standard InChI is InChI=1S/C8H15F2NO2S/c1-6(8(3,9)10)11-14(12,13)7(2)4-5-7/h6,11H,4-5H2,1-3H3/t6-/m0/s1. The van der Waals surface area contributed by atoms with Crippen LogP contribution in [-0.2, 0) is 10.0 Å². The van der Waals surface area contributed by atoms with Gasteiger partial charge in [-0.25, -0.2) is 21.9 Å². The summed E-state index contributed by atoms with van der Waals surface area (Å²) in [7, 11) is -3.60. The summed E-state index contributed by atoms with van der Waals surface area (Å²) in [4.78, 5) is 0. The minimum Gasteiger partial charge on any atom is -0.212 e. The first-order valence-electron chi connectivity index (χ1n) is 4.48. The van der Waals surface area contributed by atoms with Crippen LogP contribution in [0.4, 0.5) is 8.78 Å². The highest BCUT2D eigenvalue weighted by Gasteiger charge is 2.51. The van der Waals surface area contributed by atoms with Gasteiger partial charge >= 0.3 is 0 Å². The van der Waals surface area contributed by atoms with Crippen LogP contribution in [0.1, 0.15) is 33.6 Å². The van der Waals surface area contributed by atoms with Gasteiger partial charge < -0.3 is 0 Å². The first-order chi connectivity index (χ1) is 6.08. The van der Waals surface area contributed by atoms with E-state index in [0.717, 1.165) is 0 Å². The van der Waals surface area contributed by atoms with Gasteiger partial charge in [-0.3, -0.25) is 0 Å². The number of hydrogen-bond acceptors (Lipinski definition) is 2. The molecule has 0 radical (unpaired) electrons. The summed E-state index contributed by atoms with van der Waals surface area (Å²) in [6.45, 7) is 3.44. The van der Waals surface area contributed by atoms with Crippen molar-refractivity contribution in [1.82, 2.24) is 4.72 Å². The lowest BCUT2D eigenvalue weighted by Gasteiger charge is -2.22. The molecule has 3 nitrogen and oxygen atoms in total. The molecule has 1 N–H and O–H groups in total. The van der Waals surface area contributed by atoms with E-state index >= 15 is 0 Å². The fraction of sp³-hybridized carbons (Fsp3) is 1.00. The maximum atomic E-state index is 12.7. The summed E-state index contributed by atoms with van der Waals surface area (Å²) in [6.07, 6.45) is 1.09. The Morgan fingerprint density at radius 2 is 1.86 bits per heavy atom. The van der Waals surface area contributed by atoms with Crippen molar-refractivity contribution >= 4 is 10.0 Å². The molecule has 0 amide bonds. The van der Waals surface area contributed by atoms with Crippen molar-refractivity contribution in [3.05, 3.63) is 0 Å². The molecule has 1 aliphatic rings. The van der Waals surface area contributed by atoms with Crippen LogP contribution in [0.15, 0.2) is 0 Å². The lowest BCUT2D eigenvalue weighted by molar-refractivity contribution is -0.00496. The maximum absolute atomic E-state index is 12.7. The molecule has 0 aromatic carbocycles. The molecule has 0 heterocycles. The molecule has 0 bridgehead atoms. The summed E-state index contributed by atoms with van der Waals surface area (Å²) in [5.74, 6) is -3.03. The molecule has 1 atom stereocenters. The molecular weight excluding hydrogens is 212 g/mol. The van der Waals surface area contributed by atoms with Crippen molar-refractivity contribution in [2.75, 3.05) is 0 Å². The van der Waals surface area contributed by atoms with Gasteiger partial charge in [0.15, 0.2) is 0 Å². The lowest BCUT2D eigenvalue weighted by atomic mass is 10.2. The highest BCUT2D eigenvalue weighted by molar-refractivity contribution is 7.91. The van der Waals surface area contributed by atoms with Crippen molar-refractivity contribution in [1.29, 1.82) is 0 Å². The molecule has 0 aromatic rings. The smallest absolute Gasteiger partial charge is 0.212 e. The van der Waals surface area contributed by atoms with Crippen molar-refractivity contribution in [2.45, 2.75) is 50.3 Å². The average molecular weight is 227 g/mol. The van der Waals surface area contributed by atoms with Crippen LogP contribution in [0.3, 0.4) is 0 Å². The Morgan fingerprint density at radius 1 is 1.43 bits per heavy atom. The van der Waals surface area contributed by atoms with Crippen molar-refractivity contribution in [3.63, 3.8) is 0 Å². The lowest BCUT2D eigenvalue weighted by Crippen LogP contribution is -2.47. The SMILES string of the molecule is C[C@H](NS(=O)(=O)C1(C)CC1)C(C)(F)F. The summed E-state index contributed by atoms with van der Waals surface area (Å²) < 4.78 is 49.7. The first kappa shape index (κ1) is 11.8. The third kappa shape index (κ3) is 2.23. The zero-order valence-electron chi connectivity index (χ0n) is 8.47. The van der Waals surface area contributed by atoms with Gasteiger partial charge in [0.2, 0.25) is 10.0 Å². The highest BCUT2D eigenvalue weighted by Crippen LogP contribution is 2.42. The third-order valence-corrected chi connectivity index (χ3v) is 5.06. The van der Waals surface area contributed by atoms with Gasteiger partial charge in [0.1, 0.15) is 0 Å². The van der Waals surface area contributed by atoms with Gasteiger partial charge in [-0.1, -0.05) is 0 Å². The Hall–Kier alpha value is -0.230. The van der Waals surface area contributed by atoms with Crippen LogP contribution >= 0.6 is 0 Å². The van der Waals surface area contributed by atoms with E-state index in [-0.39, 0.29) is 0 Å². The van der Waals surface area contributed by atoms with Crippen molar-refractivity contribution in [3.8, 4) is 0 Å². The third-order valence-electron chi connectivity index (χ3n) is 2.70. The van der Waals surface area contributed by atoms with Crippen LogP contribution in [-0.4, -0.2) is 25.1 Å². The van der Waals surface area contributed by atoms with E-state index in [0.29, 0.717) is 19.8 Å². The second kappa shape index (κ2) is 3.13. The van der Waals surface area contributed by atoms with Crippen LogP contribution in [0.2, 0.25) is 0 Å². The van der Waals surface area contributed by atoms with E-state index in [2.05, 4.69) is 0 Å². The number of hydrogen-bond donors (Lipinski definition) is 1. The monoisotopic (exact) mass is 227 g/mol. The number of nitrogens with one attached hydrogen (secondary N) is 1. The Morgan fingerprint density at radius 3 is 2.14 bits per heavy atom. The van der Waals surface area contributed by atoms with Crippen molar-refractivity contribution < 1.29 is 17.2 Å². The zero-order chi connectivity index (χ0) is 11.2. The summed E-state index contributed by atoms with van der Waals surface area (Å²) in [6, 6.07) is -1.36. The number of halogens is 2. The predicted octanol–water partition coefficient (Wildman–Crippen LogP) is 1.50. The van der Waals surface area contributed by atoms with Crippen molar-refractivity contribution in [2.24, 2.45) is 0 Å². The second-order valence-corrected chi connectivity index (χ2v) is 6.48. The van der Waals surface area contributed by atoms with Gasteiger partial charge in [-0.2, -0.15) is 0 Å². The molecule has 0 aliphatic heterocycles. The van der Waals surface area contributed by atoms with Crippen LogP contribution in [0.5, 0.6) is 0 Å². The highest BCUT2D eigenvalue weighted by atomic mass is 32.2. The van der Waals surface area contributed by atoms with E-state index in [9.17, 15) is 17.2 Å². The van der Waals surface area contributed by atoms with Crippen LogP contribution < -0.4 is 4.72 Å². The Kier molecular flexibility index (Phi) is 2.65. The number of alkyl halides is 2. The molecule has 1 fully saturated rings. The topological polar surface area (TPSA) is 46.2 Å². The Balaban J connectivity index is 2.70. The summed E-state index contributed by atoms with van der Waals surface area (Å²) in [5, 5.41) is 0. The Bertz CT molecular complexity index is 317. The summed E-state index contributed by atoms with van der Waals surface area (Å²) in [5.41, 5.74) is 0. The fourth-order valence-corrected chi connectivity index (χ4v) is 2.52. The molecule has 1 rings (SSSR count). The molecule has 1 saturated carbocycles. The minimum atomic E-state index is -3.60. The minimum absolute atomic E-state index is 0.546. The molecule has 0 saturated heterocycles. The molecule has 0 aromatic heterocycles. The second-order valence-electron chi connectivity index (χ2n) is 4.25. The molecule has 14 heavy (non-hydrogen) atoms. The number of rotatable bonds is 4. The van der Waals surface area contributed by atoms with Gasteiger partial charge in [-0.15, -0.1) is 0 Å². The van der Waals surface area contributed by atoms with Gasteiger partial charge in [0.25, 0.3) is 5.92 Å². The molecular formula is C8H15F2NO2S. The van der Waals surface area contributed by atoms with E-state index < -0.39 is 26.7 Å². The number of sulfonamides is 1. The molecule has 84 valence electrons. The maximum Gasteiger partial charge on any atom is 0.261 e. The van der Waals surface area contributed by atoms with Crippen LogP contribution in [0, 0.1) is 0 Å². The molecule has 1 aliphatic carbocycles. The van der Waals surface area contributed by atoms with Gasteiger partial charge in [0.05, 0.1) is 10.8 Å². The molecule has 0 unspecified atom stereocenters. The van der Waals surface area contributed by atoms with E-state index in [1.165, 1.54) is 6.92 Å². The molecule has 6 heteroatoms. The van der Waals surface area contributed by atoms with E-state index in [1.807, 2.05) is 4.72 Å². The summed E-state index contributed by atoms with van der Waals surface area (Å²) >= 11 is 0. The van der Waals surface area contributed by atoms with Crippen LogP contribution in [0.25, 0.3) is 0 Å². The first-order valence-corrected chi connectivity index (χ1v) is 5.96. The van der Waals surface area contributed by atoms with E-state index in [4.69, 9.17) is 0 Å².